The second kappa shape index (κ2) is 7.72. The molecule has 3 rings (SSSR count). The van der Waals surface area contributed by atoms with E-state index in [9.17, 15) is 9.59 Å². The lowest BCUT2D eigenvalue weighted by Gasteiger charge is -2.09. The van der Waals surface area contributed by atoms with Crippen LogP contribution >= 0.6 is 15.9 Å². The molecule has 6 heteroatoms. The number of anilines is 2. The number of carbonyl (C=O) groups excluding carboxylic acids is 2. The average Bonchev–Trinajstić information content (AvgIpc) is 2.63. The molecule has 0 atom stereocenters. The number of carbonyl (C=O) groups is 2. The van der Waals surface area contributed by atoms with Crippen LogP contribution in [0.4, 0.5) is 11.4 Å². The number of hydrogen-bond acceptors (Lipinski definition) is 3. The van der Waals surface area contributed by atoms with Crippen molar-refractivity contribution in [1.82, 2.24) is 4.98 Å². The highest BCUT2D eigenvalue weighted by Gasteiger charge is 2.09. The molecular formula is C19H14BrN3O2. The molecule has 2 N–H and O–H groups in total. The summed E-state index contributed by atoms with van der Waals surface area (Å²) >= 11 is 3.29. The maximum atomic E-state index is 12.3. The normalized spacial score (nSPS) is 10.1. The van der Waals surface area contributed by atoms with Crippen molar-refractivity contribution < 1.29 is 9.59 Å². The molecule has 0 fully saturated rings. The molecule has 0 aliphatic carbocycles. The van der Waals surface area contributed by atoms with E-state index in [4.69, 9.17) is 0 Å². The third-order valence-corrected chi connectivity index (χ3v) is 3.82. The first kappa shape index (κ1) is 16.9. The van der Waals surface area contributed by atoms with Crippen molar-refractivity contribution in [3.8, 4) is 0 Å². The zero-order chi connectivity index (χ0) is 17.6. The third kappa shape index (κ3) is 4.51. The van der Waals surface area contributed by atoms with Crippen LogP contribution in [-0.4, -0.2) is 16.8 Å². The van der Waals surface area contributed by atoms with Gasteiger partial charge in [0.1, 0.15) is 0 Å². The first-order valence-corrected chi connectivity index (χ1v) is 8.29. The van der Waals surface area contributed by atoms with Crippen LogP contribution in [0.1, 0.15) is 20.7 Å². The predicted octanol–water partition coefficient (Wildman–Crippen LogP) is 4.35. The summed E-state index contributed by atoms with van der Waals surface area (Å²) in [5, 5.41) is 5.60. The van der Waals surface area contributed by atoms with E-state index in [-0.39, 0.29) is 11.8 Å². The van der Waals surface area contributed by atoms with Gasteiger partial charge < -0.3 is 10.6 Å². The maximum Gasteiger partial charge on any atom is 0.257 e. The Labute approximate surface area is 153 Å². The van der Waals surface area contributed by atoms with Crippen LogP contribution in [0.15, 0.2) is 77.5 Å². The molecule has 3 aromatic rings. The number of halogens is 1. The van der Waals surface area contributed by atoms with Crippen LogP contribution in [0.5, 0.6) is 0 Å². The molecule has 0 unspecified atom stereocenters. The molecule has 1 aromatic heterocycles. The number of benzene rings is 2. The molecule has 0 radical (unpaired) electrons. The Morgan fingerprint density at radius 3 is 2.04 bits per heavy atom. The van der Waals surface area contributed by atoms with Crippen molar-refractivity contribution in [2.45, 2.75) is 0 Å². The van der Waals surface area contributed by atoms with E-state index in [1.165, 1.54) is 6.20 Å². The molecule has 0 bridgehead atoms. The van der Waals surface area contributed by atoms with E-state index in [0.717, 1.165) is 4.47 Å². The smallest absolute Gasteiger partial charge is 0.257 e. The number of nitrogens with zero attached hydrogens (tertiary/aromatic N) is 1. The minimum atomic E-state index is -0.277. The second-order valence-electron chi connectivity index (χ2n) is 5.25. The predicted molar refractivity (Wildman–Crippen MR) is 101 cm³/mol. The number of amides is 2. The summed E-state index contributed by atoms with van der Waals surface area (Å²) in [6, 6.07) is 17.6. The first-order valence-electron chi connectivity index (χ1n) is 7.50. The van der Waals surface area contributed by atoms with E-state index in [0.29, 0.717) is 22.5 Å². The topological polar surface area (TPSA) is 71.1 Å². The van der Waals surface area contributed by atoms with Gasteiger partial charge in [0.2, 0.25) is 0 Å². The van der Waals surface area contributed by atoms with Gasteiger partial charge >= 0.3 is 0 Å². The van der Waals surface area contributed by atoms with Crippen LogP contribution < -0.4 is 10.6 Å². The SMILES string of the molecule is O=C(Nc1cccc(NC(=O)c2cncc(Br)c2)c1)c1ccccc1. The van der Waals surface area contributed by atoms with Gasteiger partial charge in [0.05, 0.1) is 5.56 Å². The summed E-state index contributed by atoms with van der Waals surface area (Å²) in [7, 11) is 0. The zero-order valence-corrected chi connectivity index (χ0v) is 14.7. The molecule has 2 aromatic carbocycles. The first-order chi connectivity index (χ1) is 12.1. The molecular weight excluding hydrogens is 382 g/mol. The van der Waals surface area contributed by atoms with Crippen molar-refractivity contribution in [1.29, 1.82) is 0 Å². The Morgan fingerprint density at radius 2 is 1.40 bits per heavy atom. The quantitative estimate of drug-likeness (QED) is 0.689. The Kier molecular flexibility index (Phi) is 5.20. The molecule has 5 nitrogen and oxygen atoms in total. The molecule has 0 aliphatic rings. The third-order valence-electron chi connectivity index (χ3n) is 3.38. The summed E-state index contributed by atoms with van der Waals surface area (Å²) in [5.41, 5.74) is 2.18. The summed E-state index contributed by atoms with van der Waals surface area (Å²) in [4.78, 5) is 28.4. The van der Waals surface area contributed by atoms with Gasteiger partial charge in [-0.3, -0.25) is 14.6 Å². The van der Waals surface area contributed by atoms with Gasteiger partial charge in [-0.25, -0.2) is 0 Å². The summed E-state index contributed by atoms with van der Waals surface area (Å²) in [6.07, 6.45) is 3.09. The standard InChI is InChI=1S/C19H14BrN3O2/c20-15-9-14(11-21-12-15)19(25)23-17-8-4-7-16(10-17)22-18(24)13-5-2-1-3-6-13/h1-12H,(H,22,24)(H,23,25). The lowest BCUT2D eigenvalue weighted by atomic mass is 10.2. The maximum absolute atomic E-state index is 12.3. The number of aromatic nitrogens is 1. The fraction of sp³-hybridized carbons (Fsp3) is 0. The fourth-order valence-corrected chi connectivity index (χ4v) is 2.57. The molecule has 2 amide bonds. The number of hydrogen-bond donors (Lipinski definition) is 2. The summed E-state index contributed by atoms with van der Waals surface area (Å²) in [5.74, 6) is -0.486. The number of rotatable bonds is 4. The Bertz CT molecular complexity index is 913. The fourth-order valence-electron chi connectivity index (χ4n) is 2.21. The van der Waals surface area contributed by atoms with Gasteiger partial charge in [0.25, 0.3) is 11.8 Å². The highest BCUT2D eigenvalue weighted by atomic mass is 79.9. The van der Waals surface area contributed by atoms with Crippen molar-refractivity contribution in [3.63, 3.8) is 0 Å². The number of pyridine rings is 1. The second-order valence-corrected chi connectivity index (χ2v) is 6.16. The summed E-state index contributed by atoms with van der Waals surface area (Å²) in [6.45, 7) is 0. The van der Waals surface area contributed by atoms with Crippen LogP contribution in [0, 0.1) is 0 Å². The van der Waals surface area contributed by atoms with Crippen molar-refractivity contribution >= 4 is 39.1 Å². The largest absolute Gasteiger partial charge is 0.322 e. The number of nitrogens with one attached hydrogen (secondary N) is 2. The molecule has 1 heterocycles. The highest BCUT2D eigenvalue weighted by Crippen LogP contribution is 2.18. The molecule has 0 aliphatic heterocycles. The van der Waals surface area contributed by atoms with E-state index < -0.39 is 0 Å². The Hall–Kier alpha value is -2.99. The van der Waals surface area contributed by atoms with E-state index >= 15 is 0 Å². The minimum Gasteiger partial charge on any atom is -0.322 e. The zero-order valence-electron chi connectivity index (χ0n) is 13.1. The molecule has 25 heavy (non-hydrogen) atoms. The Balaban J connectivity index is 1.71. The molecule has 0 saturated heterocycles. The van der Waals surface area contributed by atoms with E-state index in [1.54, 1.807) is 60.8 Å². The van der Waals surface area contributed by atoms with Crippen LogP contribution in [0.2, 0.25) is 0 Å². The van der Waals surface area contributed by atoms with E-state index in [1.807, 2.05) is 6.07 Å². The monoisotopic (exact) mass is 395 g/mol. The highest BCUT2D eigenvalue weighted by molar-refractivity contribution is 9.10. The van der Waals surface area contributed by atoms with Gasteiger partial charge in [-0.15, -0.1) is 0 Å². The van der Waals surface area contributed by atoms with E-state index in [2.05, 4.69) is 31.5 Å². The van der Waals surface area contributed by atoms with Gasteiger partial charge in [-0.2, -0.15) is 0 Å². The molecule has 124 valence electrons. The van der Waals surface area contributed by atoms with Crippen molar-refractivity contribution in [2.75, 3.05) is 10.6 Å². The van der Waals surface area contributed by atoms with Crippen LogP contribution in [0.3, 0.4) is 0 Å². The summed E-state index contributed by atoms with van der Waals surface area (Å²) < 4.78 is 0.726. The molecule has 0 saturated carbocycles. The lowest BCUT2D eigenvalue weighted by Crippen LogP contribution is -2.14. The Morgan fingerprint density at radius 1 is 0.760 bits per heavy atom. The van der Waals surface area contributed by atoms with Crippen LogP contribution in [-0.2, 0) is 0 Å². The van der Waals surface area contributed by atoms with Gasteiger partial charge in [-0.05, 0) is 52.3 Å². The van der Waals surface area contributed by atoms with Crippen molar-refractivity contribution in [2.24, 2.45) is 0 Å². The van der Waals surface area contributed by atoms with Gasteiger partial charge in [0.15, 0.2) is 0 Å². The van der Waals surface area contributed by atoms with Gasteiger partial charge in [-0.1, -0.05) is 24.3 Å². The average molecular weight is 396 g/mol. The van der Waals surface area contributed by atoms with Crippen LogP contribution in [0.25, 0.3) is 0 Å². The lowest BCUT2D eigenvalue weighted by molar-refractivity contribution is 0.101. The minimum absolute atomic E-state index is 0.208. The van der Waals surface area contributed by atoms with Gasteiger partial charge in [0, 0.05) is 33.8 Å². The molecule has 0 spiro atoms. The van der Waals surface area contributed by atoms with Crippen molar-refractivity contribution in [3.05, 3.63) is 88.7 Å².